The van der Waals surface area contributed by atoms with Crippen LogP contribution >= 0.6 is 0 Å². The van der Waals surface area contributed by atoms with Crippen molar-refractivity contribution in [3.05, 3.63) is 67.1 Å². The highest BCUT2D eigenvalue weighted by Gasteiger charge is 2.13. The zero-order valence-corrected chi connectivity index (χ0v) is 14.8. The monoisotopic (exact) mass is 358 g/mol. The van der Waals surface area contributed by atoms with Crippen molar-refractivity contribution in [3.63, 3.8) is 0 Å². The van der Waals surface area contributed by atoms with Crippen molar-refractivity contribution in [2.75, 3.05) is 5.32 Å². The van der Waals surface area contributed by atoms with Crippen LogP contribution in [0.2, 0.25) is 0 Å². The predicted molar refractivity (Wildman–Crippen MR) is 105 cm³/mol. The fourth-order valence-corrected chi connectivity index (χ4v) is 2.88. The summed E-state index contributed by atoms with van der Waals surface area (Å²) in [6, 6.07) is 9.27. The van der Waals surface area contributed by atoms with Gasteiger partial charge in [0.05, 0.1) is 17.6 Å². The number of hydrogen-bond donors (Lipinski definition) is 2. The molecule has 0 amide bonds. The second-order valence-electron chi connectivity index (χ2n) is 5.99. The Hall–Kier alpha value is -3.74. The summed E-state index contributed by atoms with van der Waals surface area (Å²) in [6.07, 6.45) is 6.75. The molecule has 0 saturated carbocycles. The molecule has 3 heterocycles. The Morgan fingerprint density at radius 1 is 1.33 bits per heavy atom. The number of aryl methyl sites for hydroxylation is 1. The maximum atomic E-state index is 12.0. The van der Waals surface area contributed by atoms with Gasteiger partial charge in [-0.1, -0.05) is 24.8 Å². The van der Waals surface area contributed by atoms with Crippen LogP contribution in [-0.2, 0) is 6.54 Å². The average molecular weight is 358 g/mol. The number of nitrogens with zero attached hydrogens (tertiary/aromatic N) is 4. The van der Waals surface area contributed by atoms with Gasteiger partial charge < -0.3 is 10.3 Å². The van der Waals surface area contributed by atoms with E-state index in [1.165, 1.54) is 6.08 Å². The van der Waals surface area contributed by atoms with E-state index in [4.69, 9.17) is 0 Å². The summed E-state index contributed by atoms with van der Waals surface area (Å²) in [4.78, 5) is 24.3. The molecular weight excluding hydrogens is 340 g/mol. The molecule has 0 fully saturated rings. The topological polar surface area (TPSA) is 88.5 Å². The first-order chi connectivity index (χ1) is 13.2. The minimum atomic E-state index is -0.124. The lowest BCUT2D eigenvalue weighted by atomic mass is 10.0. The molecule has 2 N–H and O–H groups in total. The summed E-state index contributed by atoms with van der Waals surface area (Å²) in [7, 11) is 0. The first-order valence-electron chi connectivity index (χ1n) is 8.59. The van der Waals surface area contributed by atoms with Gasteiger partial charge in [-0.15, -0.1) is 0 Å². The summed E-state index contributed by atoms with van der Waals surface area (Å²) in [5.74, 6) is 0.331. The van der Waals surface area contributed by atoms with Gasteiger partial charge in [0.15, 0.2) is 5.78 Å². The lowest BCUT2D eigenvalue weighted by Crippen LogP contribution is -2.00. The number of allylic oxidation sites excluding steroid dienone is 1. The molecule has 0 atom stereocenters. The molecule has 1 aromatic carbocycles. The van der Waals surface area contributed by atoms with Crippen molar-refractivity contribution in [2.24, 2.45) is 0 Å². The number of benzene rings is 1. The number of nitrogens with one attached hydrogen (secondary N) is 2. The Labute approximate surface area is 155 Å². The third kappa shape index (κ3) is 3.22. The summed E-state index contributed by atoms with van der Waals surface area (Å²) >= 11 is 0. The molecule has 0 aliphatic rings. The first kappa shape index (κ1) is 16.7. The van der Waals surface area contributed by atoms with Crippen LogP contribution in [0.15, 0.2) is 61.6 Å². The van der Waals surface area contributed by atoms with Crippen molar-refractivity contribution in [1.82, 2.24) is 24.7 Å². The molecule has 7 nitrogen and oxygen atoms in total. The van der Waals surface area contributed by atoms with E-state index >= 15 is 0 Å². The van der Waals surface area contributed by atoms with Crippen LogP contribution in [0.4, 0.5) is 11.6 Å². The van der Waals surface area contributed by atoms with E-state index in [0.29, 0.717) is 17.2 Å². The number of hydrogen-bond acceptors (Lipinski definition) is 5. The Balaban J connectivity index is 1.79. The molecule has 7 heteroatoms. The second kappa shape index (κ2) is 6.87. The third-order valence-electron chi connectivity index (χ3n) is 4.24. The molecule has 0 bridgehead atoms. The Bertz CT molecular complexity index is 1140. The van der Waals surface area contributed by atoms with Crippen molar-refractivity contribution in [1.29, 1.82) is 0 Å². The molecule has 4 aromatic rings. The van der Waals surface area contributed by atoms with Crippen LogP contribution in [-0.4, -0.2) is 30.5 Å². The summed E-state index contributed by atoms with van der Waals surface area (Å²) < 4.78 is 1.82. The van der Waals surface area contributed by atoms with Crippen molar-refractivity contribution in [2.45, 2.75) is 13.5 Å². The predicted octanol–water partition coefficient (Wildman–Crippen LogP) is 3.95. The summed E-state index contributed by atoms with van der Waals surface area (Å²) in [6.45, 7) is 6.36. The van der Waals surface area contributed by atoms with Gasteiger partial charge in [-0.05, 0) is 25.1 Å². The minimum Gasteiger partial charge on any atom is -0.346 e. The fourth-order valence-electron chi connectivity index (χ4n) is 2.88. The number of aromatic amines is 1. The highest BCUT2D eigenvalue weighted by Crippen LogP contribution is 2.28. The van der Waals surface area contributed by atoms with Crippen LogP contribution in [0.3, 0.4) is 0 Å². The van der Waals surface area contributed by atoms with E-state index in [9.17, 15) is 4.79 Å². The molecule has 0 saturated heterocycles. The molecule has 0 spiro atoms. The highest BCUT2D eigenvalue weighted by molar-refractivity contribution is 6.05. The molecule has 3 aromatic heterocycles. The lowest BCUT2D eigenvalue weighted by molar-refractivity contribution is 0.104. The molecule has 134 valence electrons. The van der Waals surface area contributed by atoms with Gasteiger partial charge >= 0.3 is 0 Å². The molecule has 27 heavy (non-hydrogen) atoms. The van der Waals surface area contributed by atoms with Crippen LogP contribution < -0.4 is 5.32 Å². The minimum absolute atomic E-state index is 0.124. The molecular formula is C20H18N6O. The van der Waals surface area contributed by atoms with Gasteiger partial charge in [0.2, 0.25) is 5.95 Å². The lowest BCUT2D eigenvalue weighted by Gasteiger charge is -2.08. The molecule has 4 rings (SSSR count). The van der Waals surface area contributed by atoms with Crippen LogP contribution in [0.25, 0.3) is 22.3 Å². The van der Waals surface area contributed by atoms with E-state index < -0.39 is 0 Å². The van der Waals surface area contributed by atoms with Gasteiger partial charge in [0.1, 0.15) is 5.65 Å². The van der Waals surface area contributed by atoms with E-state index in [1.807, 2.05) is 48.3 Å². The summed E-state index contributed by atoms with van der Waals surface area (Å²) in [5.41, 5.74) is 3.67. The van der Waals surface area contributed by atoms with E-state index in [0.717, 1.165) is 28.9 Å². The zero-order chi connectivity index (χ0) is 18.8. The van der Waals surface area contributed by atoms with Crippen molar-refractivity contribution in [3.8, 4) is 11.3 Å². The van der Waals surface area contributed by atoms with Crippen molar-refractivity contribution < 1.29 is 4.79 Å². The van der Waals surface area contributed by atoms with Crippen LogP contribution in [0.5, 0.6) is 0 Å². The first-order valence-corrected chi connectivity index (χ1v) is 8.59. The maximum absolute atomic E-state index is 12.0. The number of carbonyl (C=O) groups is 1. The number of H-pyrrole nitrogens is 1. The smallest absolute Gasteiger partial charge is 0.229 e. The molecule has 0 radical (unpaired) electrons. The van der Waals surface area contributed by atoms with E-state index in [-0.39, 0.29) is 5.78 Å². The van der Waals surface area contributed by atoms with Gasteiger partial charge in [-0.3, -0.25) is 9.48 Å². The SMILES string of the molecule is C=CC(=O)c1cccc(-c2nc(Nc3cnn(CC)c3)nc3[nH]ccc23)c1. The standard InChI is InChI=1S/C20H18N6O/c1-3-17(27)13-6-5-7-14(10-13)18-16-8-9-21-19(16)25-20(24-18)23-15-11-22-26(4-2)12-15/h3,5-12H,1,4H2,2H3,(H2,21,23,24,25). The second-order valence-corrected chi connectivity index (χ2v) is 5.99. The third-order valence-corrected chi connectivity index (χ3v) is 4.24. The van der Waals surface area contributed by atoms with E-state index in [1.54, 1.807) is 12.3 Å². The van der Waals surface area contributed by atoms with Gasteiger partial charge in [0, 0.05) is 35.5 Å². The van der Waals surface area contributed by atoms with E-state index in [2.05, 4.69) is 31.9 Å². The number of rotatable bonds is 6. The zero-order valence-electron chi connectivity index (χ0n) is 14.8. The average Bonchev–Trinajstić information content (AvgIpc) is 3.36. The Morgan fingerprint density at radius 3 is 3.00 bits per heavy atom. The quantitative estimate of drug-likeness (QED) is 0.402. The summed E-state index contributed by atoms with van der Waals surface area (Å²) in [5, 5.41) is 8.32. The van der Waals surface area contributed by atoms with Gasteiger partial charge in [-0.2, -0.15) is 10.1 Å². The molecule has 0 aliphatic heterocycles. The van der Waals surface area contributed by atoms with Gasteiger partial charge in [-0.25, -0.2) is 4.98 Å². The number of fused-ring (bicyclic) bond motifs is 1. The number of carbonyl (C=O) groups excluding carboxylic acids is 1. The highest BCUT2D eigenvalue weighted by atomic mass is 16.1. The largest absolute Gasteiger partial charge is 0.346 e. The van der Waals surface area contributed by atoms with Crippen LogP contribution in [0, 0.1) is 0 Å². The van der Waals surface area contributed by atoms with Crippen molar-refractivity contribution >= 4 is 28.5 Å². The number of aromatic nitrogens is 5. The van der Waals surface area contributed by atoms with Gasteiger partial charge in [0.25, 0.3) is 0 Å². The Kier molecular flexibility index (Phi) is 4.25. The Morgan fingerprint density at radius 2 is 2.22 bits per heavy atom. The van der Waals surface area contributed by atoms with Crippen LogP contribution in [0.1, 0.15) is 17.3 Å². The molecule has 0 aliphatic carbocycles. The number of ketones is 1. The fraction of sp³-hybridized carbons (Fsp3) is 0.100. The number of anilines is 2. The maximum Gasteiger partial charge on any atom is 0.229 e. The normalized spacial score (nSPS) is 10.9. The molecule has 0 unspecified atom stereocenters.